The van der Waals surface area contributed by atoms with Crippen molar-refractivity contribution in [3.05, 3.63) is 230 Å². The van der Waals surface area contributed by atoms with Gasteiger partial charge >= 0.3 is 0 Å². The van der Waals surface area contributed by atoms with Crippen LogP contribution in [0.2, 0.25) is 0 Å². The average Bonchev–Trinajstić information content (AvgIpc) is 3.96. The van der Waals surface area contributed by atoms with Crippen molar-refractivity contribution in [2.24, 2.45) is 0 Å². The summed E-state index contributed by atoms with van der Waals surface area (Å²) in [6.45, 7) is 6.52. The number of rotatable bonds is 8. The SMILES string of the molecule is [2H]c1c([2H])c([2H])c(-c2cccc(-c3c([2H])c([2H])c([2H])c([2H])c3[2H])c2-[n+]2[c-]n(-c3[c-]c(N(c4[c-]c5c(cc4)c4ccccc4n5-c4cc(C(C)(C)C)ccn4)c4ccccc4)ccc3)c3ccc(C#N)cc32)c([2H])c1[2H].[Pt]. The molecule has 3 heterocycles. The van der Waals surface area contributed by atoms with Crippen LogP contribution in [0.4, 0.5) is 17.1 Å². The van der Waals surface area contributed by atoms with E-state index >= 15 is 0 Å². The van der Waals surface area contributed by atoms with E-state index in [1.54, 1.807) is 45.5 Å². The van der Waals surface area contributed by atoms with Crippen LogP contribution in [-0.2, 0) is 26.5 Å². The van der Waals surface area contributed by atoms with Gasteiger partial charge in [0, 0.05) is 44.0 Å². The second-order valence-corrected chi connectivity index (χ2v) is 16.5. The van der Waals surface area contributed by atoms with Gasteiger partial charge in [-0.15, -0.1) is 23.6 Å². The van der Waals surface area contributed by atoms with Gasteiger partial charge < -0.3 is 14.0 Å². The van der Waals surface area contributed by atoms with Crippen LogP contribution >= 0.6 is 0 Å². The Morgan fingerprint density at radius 2 is 1.35 bits per heavy atom. The van der Waals surface area contributed by atoms with E-state index in [4.69, 9.17) is 18.7 Å². The van der Waals surface area contributed by atoms with Crippen LogP contribution in [0.15, 0.2) is 200 Å². The zero-order valence-electron chi connectivity index (χ0n) is 45.8. The molecule has 0 bridgehead atoms. The smallest absolute Gasteiger partial charge is 0.268 e. The molecular formula is C59H42N6Pt-2. The van der Waals surface area contributed by atoms with Crippen molar-refractivity contribution >= 4 is 49.9 Å². The van der Waals surface area contributed by atoms with Crippen molar-refractivity contribution in [2.75, 3.05) is 4.90 Å². The molecule has 7 heteroatoms. The molecule has 66 heavy (non-hydrogen) atoms. The van der Waals surface area contributed by atoms with E-state index in [-0.39, 0.29) is 60.0 Å². The minimum atomic E-state index is -0.602. The molecule has 3 aromatic heterocycles. The molecular weight excluding hydrogens is 988 g/mol. The van der Waals surface area contributed by atoms with Gasteiger partial charge in [0.05, 0.1) is 36.5 Å². The standard InChI is InChI=1S/C59H42N6.Pt/c1-59(2,3)44-33-34-61-57(36-44)65-53-28-14-13-25-51(53)52-31-30-48(38-55(52)65)64(45-21-11-6-12-22-45)47-24-15-23-46(37-47)62-40-63(56-35-41(39-60)29-32-54(56)62)58-49(42-17-7-4-8-18-42)26-16-27-50(58)43-19-9-5-10-20-43;/h4-36H,1-3H3;/q-2;/i4D,5D,7D,8D,9D,10D,17D,18D,19D,20D;. The summed E-state index contributed by atoms with van der Waals surface area (Å²) < 4.78 is 93.2. The third kappa shape index (κ3) is 7.48. The van der Waals surface area contributed by atoms with E-state index in [0.717, 1.165) is 38.9 Å². The predicted octanol–water partition coefficient (Wildman–Crippen LogP) is 13.8. The Labute approximate surface area is 413 Å². The van der Waals surface area contributed by atoms with Crippen molar-refractivity contribution < 1.29 is 39.3 Å². The number of aromatic nitrogens is 4. The van der Waals surface area contributed by atoms with E-state index in [0.29, 0.717) is 28.1 Å². The number of hydrogen-bond donors (Lipinski definition) is 0. The molecule has 320 valence electrons. The molecule has 0 saturated carbocycles. The summed E-state index contributed by atoms with van der Waals surface area (Å²) in [5, 5.41) is 12.3. The molecule has 0 atom stereocenters. The Hall–Kier alpha value is -7.84. The maximum absolute atomic E-state index is 10.3. The first-order valence-corrected chi connectivity index (χ1v) is 21.0. The second kappa shape index (κ2) is 17.3. The molecule has 0 aliphatic heterocycles. The van der Waals surface area contributed by atoms with Crippen molar-refractivity contribution in [2.45, 2.75) is 26.2 Å². The Kier molecular flexibility index (Phi) is 8.35. The van der Waals surface area contributed by atoms with Gasteiger partial charge in [-0.2, -0.15) is 29.5 Å². The van der Waals surface area contributed by atoms with Crippen LogP contribution in [-0.4, -0.2) is 14.1 Å². The first kappa shape index (κ1) is 31.9. The molecule has 11 aromatic rings. The summed E-state index contributed by atoms with van der Waals surface area (Å²) in [4.78, 5) is 6.93. The minimum absolute atomic E-state index is 0. The first-order valence-electron chi connectivity index (χ1n) is 26.0. The fourth-order valence-corrected chi connectivity index (χ4v) is 8.43. The van der Waals surface area contributed by atoms with E-state index in [9.17, 15) is 5.26 Å². The zero-order chi connectivity index (χ0) is 52.8. The summed E-state index contributed by atoms with van der Waals surface area (Å²) in [6.07, 6.45) is 5.27. The molecule has 0 aliphatic rings. The second-order valence-electron chi connectivity index (χ2n) is 16.5. The number of nitrogens with zero attached hydrogens (tertiary/aromatic N) is 6. The van der Waals surface area contributed by atoms with Crippen LogP contribution in [0.25, 0.3) is 72.3 Å². The van der Waals surface area contributed by atoms with Crippen molar-refractivity contribution in [1.29, 1.82) is 5.26 Å². The molecule has 11 rings (SSSR count). The molecule has 0 saturated heterocycles. The van der Waals surface area contributed by atoms with Crippen LogP contribution in [0.3, 0.4) is 0 Å². The van der Waals surface area contributed by atoms with E-state index in [1.165, 1.54) is 0 Å². The Bertz CT molecular complexity index is 4070. The van der Waals surface area contributed by atoms with Crippen molar-refractivity contribution in [3.63, 3.8) is 0 Å². The summed E-state index contributed by atoms with van der Waals surface area (Å²) in [5.41, 5.74) is 6.35. The zero-order valence-corrected chi connectivity index (χ0v) is 38.1. The topological polar surface area (TPSA) is 53.7 Å². The number of fused-ring (bicyclic) bond motifs is 4. The Morgan fingerprint density at radius 3 is 2.06 bits per heavy atom. The molecule has 0 radical (unpaired) electrons. The van der Waals surface area contributed by atoms with E-state index < -0.39 is 60.4 Å². The third-order valence-electron chi connectivity index (χ3n) is 11.5. The average molecular weight is 1040 g/mol. The Morgan fingerprint density at radius 1 is 0.667 bits per heavy atom. The van der Waals surface area contributed by atoms with Crippen molar-refractivity contribution in [3.8, 4) is 45.5 Å². The monoisotopic (exact) mass is 1040 g/mol. The maximum Gasteiger partial charge on any atom is 0.268 e. The summed E-state index contributed by atoms with van der Waals surface area (Å²) in [7, 11) is 0. The third-order valence-corrected chi connectivity index (χ3v) is 11.5. The number of imidazole rings is 1. The minimum Gasteiger partial charge on any atom is -0.359 e. The summed E-state index contributed by atoms with van der Waals surface area (Å²) in [5.74, 6) is 0.757. The van der Waals surface area contributed by atoms with E-state index in [2.05, 4.69) is 74.1 Å². The van der Waals surface area contributed by atoms with Gasteiger partial charge in [-0.3, -0.25) is 4.57 Å². The van der Waals surface area contributed by atoms with Gasteiger partial charge in [0.25, 0.3) is 6.33 Å². The first-order chi connectivity index (χ1) is 36.0. The van der Waals surface area contributed by atoms with Gasteiger partial charge in [0.1, 0.15) is 5.82 Å². The number of nitriles is 1. The van der Waals surface area contributed by atoms with Crippen LogP contribution in [0, 0.1) is 29.8 Å². The fourth-order valence-electron chi connectivity index (χ4n) is 8.43. The normalized spacial score (nSPS) is 13.5. The van der Waals surface area contributed by atoms with Gasteiger partial charge in [0.15, 0.2) is 0 Å². The molecule has 0 fully saturated rings. The molecule has 0 amide bonds. The predicted molar refractivity (Wildman–Crippen MR) is 262 cm³/mol. The van der Waals surface area contributed by atoms with Crippen LogP contribution in [0.5, 0.6) is 0 Å². The molecule has 8 aromatic carbocycles. The quantitative estimate of drug-likeness (QED) is 0.113. The van der Waals surface area contributed by atoms with Gasteiger partial charge in [-0.25, -0.2) is 4.98 Å². The maximum atomic E-state index is 10.3. The number of para-hydroxylation sites is 3. The van der Waals surface area contributed by atoms with Crippen molar-refractivity contribution in [1.82, 2.24) is 14.1 Å². The Balaban J connectivity index is 0.00000657. The largest absolute Gasteiger partial charge is 0.359 e. The number of hydrogen-bond acceptors (Lipinski definition) is 3. The molecule has 6 nitrogen and oxygen atoms in total. The van der Waals surface area contributed by atoms with Crippen LogP contribution < -0.4 is 9.47 Å². The fraction of sp³-hybridized carbons (Fsp3) is 0.0678. The summed E-state index contributed by atoms with van der Waals surface area (Å²) in [6, 6.07) is 45.6. The molecule has 0 aliphatic carbocycles. The number of anilines is 3. The van der Waals surface area contributed by atoms with Gasteiger partial charge in [-0.05, 0) is 86.8 Å². The van der Waals surface area contributed by atoms with Gasteiger partial charge in [-0.1, -0.05) is 159 Å². The number of benzene rings is 8. The molecule has 0 spiro atoms. The number of pyridine rings is 1. The molecule has 0 unspecified atom stereocenters. The van der Waals surface area contributed by atoms with E-state index in [1.807, 2.05) is 83.9 Å². The summed E-state index contributed by atoms with van der Waals surface area (Å²) >= 11 is 0. The van der Waals surface area contributed by atoms with Gasteiger partial charge in [0.2, 0.25) is 0 Å². The molecule has 0 N–H and O–H groups in total. The van der Waals surface area contributed by atoms with Crippen LogP contribution in [0.1, 0.15) is 45.6 Å².